The lowest BCUT2D eigenvalue weighted by molar-refractivity contribution is -0.408. The van der Waals surface area contributed by atoms with Crippen molar-refractivity contribution in [1.82, 2.24) is 10.6 Å². The predicted molar refractivity (Wildman–Crippen MR) is 88.2 cm³/mol. The molecule has 0 fully saturated rings. The maximum absolute atomic E-state index is 11.8. The molecular weight excluding hydrogens is 362 g/mol. The fourth-order valence-electron chi connectivity index (χ4n) is 1.38. The molecule has 2 atom stereocenters. The summed E-state index contributed by atoms with van der Waals surface area (Å²) in [5, 5.41) is 15.2. The molecule has 0 aromatic carbocycles. The minimum atomic E-state index is -1.68. The predicted octanol–water partition coefficient (Wildman–Crippen LogP) is -3.81. The number of carbonyl (C=O) groups excluding carboxylic acids is 5. The second-order valence-corrected chi connectivity index (χ2v) is 5.61. The number of hydrogen-bond acceptors (Lipinski definition) is 8. The third kappa shape index (κ3) is 9.75. The summed E-state index contributed by atoms with van der Waals surface area (Å²) >= 11 is 0. The largest absolute Gasteiger partial charge is 0.548 e. The normalized spacial score (nSPS) is 12.1. The smallest absolute Gasteiger partial charge is 0.333 e. The summed E-state index contributed by atoms with van der Waals surface area (Å²) in [5.74, 6) is -4.75. The highest BCUT2D eigenvalue weighted by Gasteiger charge is 2.21. The number of rotatable bonds is 11. The molecule has 0 saturated heterocycles. The van der Waals surface area contributed by atoms with Gasteiger partial charge in [-0.25, -0.2) is 9.59 Å². The fraction of sp³-hybridized carbons (Fsp3) is 0.438. The first kappa shape index (κ1) is 23.8. The molecule has 0 unspecified atom stereocenters. The van der Waals surface area contributed by atoms with E-state index in [0.717, 1.165) is 0 Å². The van der Waals surface area contributed by atoms with Gasteiger partial charge in [-0.3, -0.25) is 9.59 Å². The molecule has 0 rings (SSSR count). The molecule has 0 aliphatic carbocycles. The molecule has 11 heteroatoms. The van der Waals surface area contributed by atoms with Gasteiger partial charge in [-0.15, -0.1) is 0 Å². The standard InChI is InChI=1S/C16H23N3O8/c1-8(2)15(24)26-6-10(17)13(21)18-5-12(20)19-11(14(22)23)7-27-16(25)9(3)4/h10-11H,1,3,5-7,17H2,2,4H3,(H,18,21)(H,19,20)(H,22,23)/t10-,11-/m0/s1. The number of amides is 2. The summed E-state index contributed by atoms with van der Waals surface area (Å²) in [5.41, 5.74) is 3.69. The van der Waals surface area contributed by atoms with Crippen molar-refractivity contribution >= 4 is 29.7 Å². The van der Waals surface area contributed by atoms with E-state index in [0.29, 0.717) is 0 Å². The molecule has 0 aromatic rings. The number of ether oxygens (including phenoxy) is 2. The number of carbonyl (C=O) groups is 5. The zero-order valence-corrected chi connectivity index (χ0v) is 15.2. The zero-order valence-electron chi connectivity index (χ0n) is 15.2. The lowest BCUT2D eigenvalue weighted by atomic mass is 10.3. The third-order valence-electron chi connectivity index (χ3n) is 2.91. The van der Waals surface area contributed by atoms with Gasteiger partial charge in [-0.2, -0.15) is 0 Å². The molecule has 0 heterocycles. The summed E-state index contributed by atoms with van der Waals surface area (Å²) < 4.78 is 9.40. The van der Waals surface area contributed by atoms with Crippen molar-refractivity contribution in [1.29, 1.82) is 0 Å². The van der Waals surface area contributed by atoms with Crippen LogP contribution in [0.2, 0.25) is 0 Å². The van der Waals surface area contributed by atoms with Crippen LogP contribution in [0, 0.1) is 0 Å². The Morgan fingerprint density at radius 1 is 1.00 bits per heavy atom. The Balaban J connectivity index is 4.40. The first-order chi connectivity index (χ1) is 12.5. The Labute approximate surface area is 155 Å². The highest BCUT2D eigenvalue weighted by molar-refractivity contribution is 5.90. The van der Waals surface area contributed by atoms with Crippen molar-refractivity contribution in [3.05, 3.63) is 24.3 Å². The van der Waals surface area contributed by atoms with Gasteiger partial charge < -0.3 is 35.7 Å². The molecule has 5 N–H and O–H groups in total. The van der Waals surface area contributed by atoms with Crippen LogP contribution in [0.3, 0.4) is 0 Å². The number of hydrogen-bond donors (Lipinski definition) is 3. The lowest BCUT2D eigenvalue weighted by Gasteiger charge is -2.20. The lowest BCUT2D eigenvalue weighted by Crippen LogP contribution is -2.70. The van der Waals surface area contributed by atoms with Gasteiger partial charge >= 0.3 is 11.9 Å². The van der Waals surface area contributed by atoms with E-state index in [4.69, 9.17) is 4.74 Å². The molecule has 0 aromatic heterocycles. The topological polar surface area (TPSA) is 179 Å². The van der Waals surface area contributed by atoms with E-state index in [-0.39, 0.29) is 17.8 Å². The highest BCUT2D eigenvalue weighted by Crippen LogP contribution is 1.95. The second-order valence-electron chi connectivity index (χ2n) is 5.61. The third-order valence-corrected chi connectivity index (χ3v) is 2.91. The van der Waals surface area contributed by atoms with Crippen LogP contribution in [0.25, 0.3) is 0 Å². The number of carboxylic acid groups (broad SMARTS) is 1. The van der Waals surface area contributed by atoms with Gasteiger partial charge in [-0.1, -0.05) is 13.2 Å². The van der Waals surface area contributed by atoms with E-state index in [1.54, 1.807) is 0 Å². The van der Waals surface area contributed by atoms with Crippen molar-refractivity contribution in [2.75, 3.05) is 19.8 Å². The Morgan fingerprint density at radius 2 is 1.48 bits per heavy atom. The van der Waals surface area contributed by atoms with Gasteiger partial charge in [0.2, 0.25) is 5.91 Å². The van der Waals surface area contributed by atoms with E-state index >= 15 is 0 Å². The number of esters is 2. The number of aliphatic carboxylic acids is 1. The Bertz CT molecular complexity index is 644. The van der Waals surface area contributed by atoms with Crippen LogP contribution in [0.1, 0.15) is 13.8 Å². The van der Waals surface area contributed by atoms with E-state index < -0.39 is 55.0 Å². The fourth-order valence-corrected chi connectivity index (χ4v) is 1.38. The van der Waals surface area contributed by atoms with Crippen molar-refractivity contribution < 1.29 is 44.3 Å². The van der Waals surface area contributed by atoms with Gasteiger partial charge in [0.05, 0.1) is 12.5 Å². The summed E-state index contributed by atoms with van der Waals surface area (Å²) in [4.78, 5) is 56.9. The number of nitrogens with one attached hydrogen (secondary N) is 2. The van der Waals surface area contributed by atoms with Crippen LogP contribution in [0.4, 0.5) is 0 Å². The van der Waals surface area contributed by atoms with Crippen LogP contribution in [0.15, 0.2) is 24.3 Å². The van der Waals surface area contributed by atoms with Crippen LogP contribution in [0.5, 0.6) is 0 Å². The van der Waals surface area contributed by atoms with Crippen molar-refractivity contribution in [3.63, 3.8) is 0 Å². The molecule has 2 amide bonds. The first-order valence-corrected chi connectivity index (χ1v) is 7.72. The molecule has 0 radical (unpaired) electrons. The average molecular weight is 385 g/mol. The number of carboxylic acids is 1. The minimum absolute atomic E-state index is 0.0551. The van der Waals surface area contributed by atoms with Crippen molar-refractivity contribution in [2.24, 2.45) is 0 Å². The maximum Gasteiger partial charge on any atom is 0.333 e. The Morgan fingerprint density at radius 3 is 1.93 bits per heavy atom. The Kier molecular flexibility index (Phi) is 10.1. The zero-order chi connectivity index (χ0) is 21.1. The summed E-state index contributed by atoms with van der Waals surface area (Å²) in [6.45, 7) is 7.95. The van der Waals surface area contributed by atoms with Gasteiger partial charge in [0.25, 0.3) is 5.91 Å². The molecule has 0 spiro atoms. The molecule has 0 bridgehead atoms. The summed E-state index contributed by atoms with van der Waals surface area (Å²) in [6.07, 6.45) is 0. The molecule has 11 nitrogen and oxygen atoms in total. The van der Waals surface area contributed by atoms with Crippen LogP contribution in [-0.2, 0) is 33.4 Å². The Hall–Kier alpha value is -3.21. The van der Waals surface area contributed by atoms with Crippen LogP contribution >= 0.6 is 0 Å². The second kappa shape index (κ2) is 11.4. The monoisotopic (exact) mass is 385 g/mol. The molecule has 0 aliphatic rings. The average Bonchev–Trinajstić information content (AvgIpc) is 2.59. The molecule has 0 aliphatic heterocycles. The van der Waals surface area contributed by atoms with Gasteiger partial charge in [0.1, 0.15) is 12.6 Å². The van der Waals surface area contributed by atoms with E-state index in [2.05, 4.69) is 28.9 Å². The maximum atomic E-state index is 11.8. The highest BCUT2D eigenvalue weighted by atomic mass is 16.5. The minimum Gasteiger partial charge on any atom is -0.548 e. The molecule has 150 valence electrons. The van der Waals surface area contributed by atoms with Gasteiger partial charge in [0, 0.05) is 11.1 Å². The van der Waals surface area contributed by atoms with Gasteiger partial charge in [0.15, 0.2) is 12.6 Å². The van der Waals surface area contributed by atoms with Crippen LogP contribution < -0.4 is 21.5 Å². The van der Waals surface area contributed by atoms with Crippen molar-refractivity contribution in [3.8, 4) is 0 Å². The van der Waals surface area contributed by atoms with E-state index in [1.807, 2.05) is 5.32 Å². The summed E-state index contributed by atoms with van der Waals surface area (Å²) in [6, 6.07) is -2.60. The molecule has 0 saturated carbocycles. The molecular formula is C16H23N3O8. The summed E-state index contributed by atoms with van der Waals surface area (Å²) in [7, 11) is 0. The van der Waals surface area contributed by atoms with Gasteiger partial charge in [-0.05, 0) is 13.8 Å². The van der Waals surface area contributed by atoms with E-state index in [9.17, 15) is 29.1 Å². The van der Waals surface area contributed by atoms with E-state index in [1.165, 1.54) is 13.8 Å². The quantitative estimate of drug-likeness (QED) is 0.239. The SMILES string of the molecule is C=C(C)C(=O)OC[C@H](NC(=O)CNC(=O)[C@@H]([NH3+])COC(=O)C(=C)C)C(=O)[O-]. The van der Waals surface area contributed by atoms with Crippen LogP contribution in [-0.4, -0.2) is 61.6 Å². The molecule has 27 heavy (non-hydrogen) atoms. The van der Waals surface area contributed by atoms with Crippen molar-refractivity contribution in [2.45, 2.75) is 25.9 Å². The number of quaternary nitrogens is 1. The first-order valence-electron chi connectivity index (χ1n) is 7.72.